The quantitative estimate of drug-likeness (QED) is 0.273. The second-order valence-corrected chi connectivity index (χ2v) is 7.88. The monoisotopic (exact) mass is 386 g/mol. The van der Waals surface area contributed by atoms with E-state index in [1.165, 1.54) is 6.92 Å². The van der Waals surface area contributed by atoms with E-state index >= 15 is 0 Å². The summed E-state index contributed by atoms with van der Waals surface area (Å²) in [6, 6.07) is -1.32. The molecule has 0 aliphatic carbocycles. The van der Waals surface area contributed by atoms with Crippen molar-refractivity contribution in [2.24, 2.45) is 17.0 Å². The van der Waals surface area contributed by atoms with Gasteiger partial charge in [-0.15, -0.1) is 0 Å². The van der Waals surface area contributed by atoms with Crippen molar-refractivity contribution < 1.29 is 19.5 Å². The molecule has 0 rings (SSSR count). The van der Waals surface area contributed by atoms with Crippen molar-refractivity contribution in [3.05, 3.63) is 0 Å². The van der Waals surface area contributed by atoms with Gasteiger partial charge in [0.15, 0.2) is 5.78 Å². The molecular formula is C19H38N4O4. The van der Waals surface area contributed by atoms with Crippen molar-refractivity contribution in [2.75, 3.05) is 41.3 Å². The topological polar surface area (TPSA) is 94.5 Å². The Morgan fingerprint density at radius 1 is 1.19 bits per heavy atom. The molecule has 0 unspecified atom stereocenters. The summed E-state index contributed by atoms with van der Waals surface area (Å²) < 4.78 is 0. The molecule has 1 amide bonds. The molecule has 2 N–H and O–H groups in total. The third-order valence-electron chi connectivity index (χ3n) is 4.39. The third kappa shape index (κ3) is 9.83. The van der Waals surface area contributed by atoms with Crippen molar-refractivity contribution >= 4 is 17.9 Å². The Bertz CT molecular complexity index is 480. The van der Waals surface area contributed by atoms with E-state index in [2.05, 4.69) is 10.5 Å². The number of aliphatic hydroxyl groups is 1. The number of carbonyl (C=O) groups is 2. The largest absolute Gasteiger partial charge is 0.395 e. The number of rotatable bonds is 13. The summed E-state index contributed by atoms with van der Waals surface area (Å²) in [6.45, 7) is 8.33. The molecule has 0 spiro atoms. The summed E-state index contributed by atoms with van der Waals surface area (Å²) in [4.78, 5) is 33.3. The van der Waals surface area contributed by atoms with Crippen LogP contribution in [0.15, 0.2) is 5.16 Å². The second kappa shape index (κ2) is 12.8. The fourth-order valence-electron chi connectivity index (χ4n) is 2.66. The first kappa shape index (κ1) is 25.5. The Labute approximate surface area is 163 Å². The highest BCUT2D eigenvalue weighted by Gasteiger charge is 2.34. The normalized spacial score (nSPS) is 16.6. The Kier molecular flexibility index (Phi) is 12.1. The number of ketones is 1. The molecule has 0 bridgehead atoms. The van der Waals surface area contributed by atoms with Crippen LogP contribution in [0.25, 0.3) is 0 Å². The molecule has 4 atom stereocenters. The van der Waals surface area contributed by atoms with Crippen LogP contribution in [-0.4, -0.2) is 92.3 Å². The minimum Gasteiger partial charge on any atom is -0.395 e. The van der Waals surface area contributed by atoms with Crippen LogP contribution < -0.4 is 5.32 Å². The van der Waals surface area contributed by atoms with E-state index in [-0.39, 0.29) is 23.5 Å². The molecule has 27 heavy (non-hydrogen) atoms. The zero-order valence-electron chi connectivity index (χ0n) is 18.1. The van der Waals surface area contributed by atoms with E-state index in [9.17, 15) is 14.7 Å². The van der Waals surface area contributed by atoms with Gasteiger partial charge in [-0.2, -0.15) is 0 Å². The van der Waals surface area contributed by atoms with Crippen molar-refractivity contribution in [3.63, 3.8) is 0 Å². The maximum atomic E-state index is 12.7. The third-order valence-corrected chi connectivity index (χ3v) is 4.39. The van der Waals surface area contributed by atoms with Gasteiger partial charge in [0, 0.05) is 12.8 Å². The van der Waals surface area contributed by atoms with Gasteiger partial charge >= 0.3 is 0 Å². The molecule has 0 aromatic rings. The summed E-state index contributed by atoms with van der Waals surface area (Å²) in [6.07, 6.45) is 1.18. The minimum absolute atomic E-state index is 0.0183. The van der Waals surface area contributed by atoms with E-state index < -0.39 is 18.2 Å². The van der Waals surface area contributed by atoms with Crippen LogP contribution in [-0.2, 0) is 14.4 Å². The van der Waals surface area contributed by atoms with Crippen LogP contribution in [0.1, 0.15) is 34.1 Å². The van der Waals surface area contributed by atoms with Gasteiger partial charge in [-0.05, 0) is 53.4 Å². The molecule has 0 heterocycles. The molecule has 158 valence electrons. The molecule has 0 saturated carbocycles. The predicted octanol–water partition coefficient (Wildman–Crippen LogP) is 0.598. The van der Waals surface area contributed by atoms with Crippen molar-refractivity contribution in [3.8, 4) is 0 Å². The van der Waals surface area contributed by atoms with Gasteiger partial charge in [0.25, 0.3) is 0 Å². The van der Waals surface area contributed by atoms with Crippen LogP contribution in [0.2, 0.25) is 0 Å². The molecule has 8 nitrogen and oxygen atoms in total. The van der Waals surface area contributed by atoms with Crippen LogP contribution in [0.4, 0.5) is 0 Å². The minimum atomic E-state index is -0.909. The van der Waals surface area contributed by atoms with Gasteiger partial charge in [0.05, 0.1) is 12.1 Å². The Morgan fingerprint density at radius 3 is 2.22 bits per heavy atom. The highest BCUT2D eigenvalue weighted by Crippen LogP contribution is 2.15. The van der Waals surface area contributed by atoms with E-state index in [0.29, 0.717) is 13.0 Å². The average molecular weight is 387 g/mol. The number of hydrogen-bond acceptors (Lipinski definition) is 7. The second-order valence-electron chi connectivity index (χ2n) is 7.88. The van der Waals surface area contributed by atoms with Gasteiger partial charge in [-0.25, -0.2) is 0 Å². The maximum absolute atomic E-state index is 12.7. The fraction of sp³-hybridized carbons (Fsp3) is 0.842. The van der Waals surface area contributed by atoms with Crippen molar-refractivity contribution in [1.82, 2.24) is 15.1 Å². The Morgan fingerprint density at radius 2 is 1.78 bits per heavy atom. The molecule has 0 saturated heterocycles. The van der Waals surface area contributed by atoms with Crippen LogP contribution in [0.3, 0.4) is 0 Å². The predicted molar refractivity (Wildman–Crippen MR) is 108 cm³/mol. The number of aliphatic hydroxyl groups excluding tert-OH is 1. The summed E-state index contributed by atoms with van der Waals surface area (Å²) in [5.41, 5.74) is 0. The summed E-state index contributed by atoms with van der Waals surface area (Å²) >= 11 is 0. The maximum Gasteiger partial charge on any atom is 0.240 e. The molecular weight excluding hydrogens is 348 g/mol. The van der Waals surface area contributed by atoms with Crippen LogP contribution >= 0.6 is 0 Å². The number of amides is 1. The van der Waals surface area contributed by atoms with E-state index in [1.807, 2.05) is 39.8 Å². The SMILES string of the molecule is CC(=O)[C@H](NC(=O)[C@@H]([C@H](O)[C@H](C)C/C=N/OCCN(C)C)N(C)C)C(C)C. The number of oxime groups is 1. The lowest BCUT2D eigenvalue weighted by Gasteiger charge is -2.32. The fourth-order valence-corrected chi connectivity index (χ4v) is 2.66. The lowest BCUT2D eigenvalue weighted by atomic mass is 9.93. The van der Waals surface area contributed by atoms with Crippen LogP contribution in [0, 0.1) is 11.8 Å². The molecule has 0 fully saturated rings. The van der Waals surface area contributed by atoms with Crippen LogP contribution in [0.5, 0.6) is 0 Å². The summed E-state index contributed by atoms with van der Waals surface area (Å²) in [5.74, 6) is -0.678. The zero-order chi connectivity index (χ0) is 21.1. The highest BCUT2D eigenvalue weighted by atomic mass is 16.6. The van der Waals surface area contributed by atoms with Gasteiger partial charge in [-0.1, -0.05) is 25.9 Å². The van der Waals surface area contributed by atoms with E-state index in [4.69, 9.17) is 4.84 Å². The molecule has 0 radical (unpaired) electrons. The first-order valence-corrected chi connectivity index (χ1v) is 9.42. The molecule has 0 aromatic carbocycles. The Hall–Kier alpha value is -1.51. The van der Waals surface area contributed by atoms with Gasteiger partial charge in [0.1, 0.15) is 12.6 Å². The average Bonchev–Trinajstić information content (AvgIpc) is 2.54. The molecule has 0 aliphatic rings. The Balaban J connectivity index is 4.81. The zero-order valence-corrected chi connectivity index (χ0v) is 18.1. The van der Waals surface area contributed by atoms with Gasteiger partial charge < -0.3 is 20.2 Å². The molecule has 0 aromatic heterocycles. The number of Topliss-reactive ketones (excluding diaryl/α,β-unsaturated/α-hetero) is 1. The first-order chi connectivity index (χ1) is 12.5. The lowest BCUT2D eigenvalue weighted by molar-refractivity contribution is -0.134. The van der Waals surface area contributed by atoms with E-state index in [0.717, 1.165) is 6.54 Å². The first-order valence-electron chi connectivity index (χ1n) is 9.42. The van der Waals surface area contributed by atoms with Crippen molar-refractivity contribution in [1.29, 1.82) is 0 Å². The van der Waals surface area contributed by atoms with Gasteiger partial charge in [-0.3, -0.25) is 14.5 Å². The molecule has 0 aliphatic heterocycles. The number of nitrogens with zero attached hydrogens (tertiary/aromatic N) is 3. The summed E-state index contributed by atoms with van der Waals surface area (Å²) in [5, 5.41) is 17.3. The van der Waals surface area contributed by atoms with Crippen molar-refractivity contribution in [2.45, 2.75) is 52.3 Å². The van der Waals surface area contributed by atoms with Gasteiger partial charge in [0.2, 0.25) is 5.91 Å². The highest BCUT2D eigenvalue weighted by molar-refractivity contribution is 5.90. The standard InChI is InChI=1S/C19H38N4O4/c1-13(2)16(15(4)24)21-19(26)17(23(7)8)18(25)14(3)9-10-20-27-12-11-22(5)6/h10,13-14,16-18,25H,9,11-12H2,1-8H3,(H,21,26)/b20-10+/t14-,16-,17-,18-/m1/s1. The summed E-state index contributed by atoms with van der Waals surface area (Å²) in [7, 11) is 7.37. The lowest BCUT2D eigenvalue weighted by Crippen LogP contribution is -2.56. The number of hydrogen-bond donors (Lipinski definition) is 2. The number of likely N-dealkylation sites (N-methyl/N-ethyl adjacent to an activating group) is 2. The smallest absolute Gasteiger partial charge is 0.240 e. The number of nitrogens with one attached hydrogen (secondary N) is 1. The van der Waals surface area contributed by atoms with E-state index in [1.54, 1.807) is 25.2 Å². The molecule has 8 heteroatoms. The number of carbonyl (C=O) groups excluding carboxylic acids is 2.